The summed E-state index contributed by atoms with van der Waals surface area (Å²) in [5.41, 5.74) is 4.16. The van der Waals surface area contributed by atoms with E-state index in [9.17, 15) is 9.59 Å². The molecule has 1 heterocycles. The van der Waals surface area contributed by atoms with E-state index in [0.29, 0.717) is 28.6 Å². The number of hydrogen-bond acceptors (Lipinski definition) is 4. The normalized spacial score (nSPS) is 14.2. The Balaban J connectivity index is 2.08. The number of ether oxygens (including phenoxy) is 1. The van der Waals surface area contributed by atoms with Gasteiger partial charge in [-0.15, -0.1) is 0 Å². The average molecular weight is 413 g/mol. The highest BCUT2D eigenvalue weighted by molar-refractivity contribution is 6.36. The molecule has 0 spiro atoms. The van der Waals surface area contributed by atoms with E-state index >= 15 is 0 Å². The van der Waals surface area contributed by atoms with E-state index in [1.807, 2.05) is 45.9 Å². The topological polar surface area (TPSA) is 58.6 Å². The number of aryl methyl sites for hydroxylation is 2. The first-order chi connectivity index (χ1) is 13.7. The molecule has 6 heteroatoms. The summed E-state index contributed by atoms with van der Waals surface area (Å²) in [6.45, 7) is 8.32. The fourth-order valence-electron chi connectivity index (χ4n) is 3.28. The SMILES string of the molecule is COc1ccc(NC2=C(c3ccc(C)c(C)c3)C(=O)N(CC(C)C)C2=O)cc1Cl. The van der Waals surface area contributed by atoms with E-state index < -0.39 is 0 Å². The van der Waals surface area contributed by atoms with Crippen LogP contribution in [-0.4, -0.2) is 30.4 Å². The summed E-state index contributed by atoms with van der Waals surface area (Å²) in [5.74, 6) is 0.0902. The summed E-state index contributed by atoms with van der Waals surface area (Å²) < 4.78 is 5.18. The molecular formula is C23H25ClN2O3. The van der Waals surface area contributed by atoms with Crippen LogP contribution in [0.4, 0.5) is 5.69 Å². The molecule has 2 amide bonds. The first-order valence-electron chi connectivity index (χ1n) is 9.51. The van der Waals surface area contributed by atoms with Crippen LogP contribution >= 0.6 is 11.6 Å². The predicted molar refractivity (Wildman–Crippen MR) is 116 cm³/mol. The second-order valence-electron chi connectivity index (χ2n) is 7.64. The highest BCUT2D eigenvalue weighted by Crippen LogP contribution is 2.33. The van der Waals surface area contributed by atoms with Crippen molar-refractivity contribution in [1.29, 1.82) is 0 Å². The molecule has 1 N–H and O–H groups in total. The van der Waals surface area contributed by atoms with Crippen LogP contribution in [0.25, 0.3) is 5.57 Å². The third kappa shape index (κ3) is 4.15. The first kappa shape index (κ1) is 20.9. The van der Waals surface area contributed by atoms with Crippen molar-refractivity contribution in [2.75, 3.05) is 19.0 Å². The van der Waals surface area contributed by atoms with Crippen molar-refractivity contribution < 1.29 is 14.3 Å². The lowest BCUT2D eigenvalue weighted by molar-refractivity contribution is -0.137. The summed E-state index contributed by atoms with van der Waals surface area (Å²) in [4.78, 5) is 27.6. The Labute approximate surface area is 176 Å². The lowest BCUT2D eigenvalue weighted by Crippen LogP contribution is -2.35. The number of halogens is 1. The number of amides is 2. The van der Waals surface area contributed by atoms with Crippen molar-refractivity contribution >= 4 is 34.7 Å². The zero-order chi connectivity index (χ0) is 21.3. The molecule has 29 heavy (non-hydrogen) atoms. The Kier molecular flexibility index (Phi) is 5.99. The summed E-state index contributed by atoms with van der Waals surface area (Å²) in [6.07, 6.45) is 0. The number of methoxy groups -OCH3 is 1. The maximum Gasteiger partial charge on any atom is 0.278 e. The van der Waals surface area contributed by atoms with Gasteiger partial charge in [-0.25, -0.2) is 0 Å². The van der Waals surface area contributed by atoms with E-state index in [-0.39, 0.29) is 23.4 Å². The van der Waals surface area contributed by atoms with E-state index in [1.165, 1.54) is 12.0 Å². The van der Waals surface area contributed by atoms with Gasteiger partial charge >= 0.3 is 0 Å². The van der Waals surface area contributed by atoms with Gasteiger partial charge in [-0.05, 0) is 54.7 Å². The van der Waals surface area contributed by atoms with Crippen LogP contribution in [0.5, 0.6) is 5.75 Å². The molecule has 3 rings (SSSR count). The maximum atomic E-state index is 13.2. The molecule has 0 saturated carbocycles. The van der Waals surface area contributed by atoms with Crippen molar-refractivity contribution in [2.45, 2.75) is 27.7 Å². The zero-order valence-electron chi connectivity index (χ0n) is 17.3. The van der Waals surface area contributed by atoms with Gasteiger partial charge in [0.1, 0.15) is 11.4 Å². The number of nitrogens with one attached hydrogen (secondary N) is 1. The predicted octanol–water partition coefficient (Wildman–Crippen LogP) is 4.81. The molecule has 2 aromatic rings. The highest BCUT2D eigenvalue weighted by atomic mass is 35.5. The Bertz CT molecular complexity index is 1010. The number of carbonyl (C=O) groups excluding carboxylic acids is 2. The third-order valence-corrected chi connectivity index (χ3v) is 5.23. The van der Waals surface area contributed by atoms with Crippen LogP contribution < -0.4 is 10.1 Å². The van der Waals surface area contributed by atoms with E-state index in [4.69, 9.17) is 16.3 Å². The summed E-state index contributed by atoms with van der Waals surface area (Å²) >= 11 is 6.23. The molecule has 1 aliphatic rings. The van der Waals surface area contributed by atoms with Crippen LogP contribution in [-0.2, 0) is 9.59 Å². The van der Waals surface area contributed by atoms with Crippen LogP contribution in [0, 0.1) is 19.8 Å². The number of benzene rings is 2. The van der Waals surface area contributed by atoms with E-state index in [0.717, 1.165) is 16.7 Å². The van der Waals surface area contributed by atoms with Crippen LogP contribution in [0.15, 0.2) is 42.1 Å². The van der Waals surface area contributed by atoms with Crippen molar-refractivity contribution in [2.24, 2.45) is 5.92 Å². The second kappa shape index (κ2) is 8.29. The number of imide groups is 1. The van der Waals surface area contributed by atoms with Gasteiger partial charge in [0, 0.05) is 12.2 Å². The van der Waals surface area contributed by atoms with Gasteiger partial charge in [-0.3, -0.25) is 14.5 Å². The number of carbonyl (C=O) groups is 2. The van der Waals surface area contributed by atoms with Gasteiger partial charge in [-0.1, -0.05) is 43.6 Å². The van der Waals surface area contributed by atoms with E-state index in [1.54, 1.807) is 18.2 Å². The highest BCUT2D eigenvalue weighted by Gasteiger charge is 2.39. The Morgan fingerprint density at radius 3 is 2.34 bits per heavy atom. The minimum absolute atomic E-state index is 0.165. The molecule has 5 nitrogen and oxygen atoms in total. The first-order valence-corrected chi connectivity index (χ1v) is 9.89. The average Bonchev–Trinajstić information content (AvgIpc) is 2.88. The molecule has 0 bridgehead atoms. The third-order valence-electron chi connectivity index (χ3n) is 4.93. The molecular weight excluding hydrogens is 388 g/mol. The van der Waals surface area contributed by atoms with Gasteiger partial charge < -0.3 is 10.1 Å². The summed E-state index contributed by atoms with van der Waals surface area (Å²) in [5, 5.41) is 3.54. The summed E-state index contributed by atoms with van der Waals surface area (Å²) in [6, 6.07) is 10.9. The molecule has 1 aliphatic heterocycles. The molecule has 0 radical (unpaired) electrons. The van der Waals surface area contributed by atoms with Gasteiger partial charge in [0.15, 0.2) is 0 Å². The minimum Gasteiger partial charge on any atom is -0.495 e. The fourth-order valence-corrected chi connectivity index (χ4v) is 3.53. The monoisotopic (exact) mass is 412 g/mol. The molecule has 0 aliphatic carbocycles. The number of rotatable bonds is 6. The fraction of sp³-hybridized carbons (Fsp3) is 0.304. The van der Waals surface area contributed by atoms with Crippen molar-refractivity contribution in [3.63, 3.8) is 0 Å². The lowest BCUT2D eigenvalue weighted by Gasteiger charge is -2.17. The molecule has 0 saturated heterocycles. The molecule has 0 fully saturated rings. The number of hydrogen-bond donors (Lipinski definition) is 1. The van der Waals surface area contributed by atoms with Gasteiger partial charge in [0.05, 0.1) is 17.7 Å². The summed E-state index contributed by atoms with van der Waals surface area (Å²) in [7, 11) is 1.54. The van der Waals surface area contributed by atoms with E-state index in [2.05, 4.69) is 5.32 Å². The molecule has 0 aromatic heterocycles. The molecule has 152 valence electrons. The standard InChI is InChI=1S/C23H25ClN2O3/c1-13(2)12-26-22(27)20(16-7-6-14(3)15(4)10-16)21(23(26)28)25-17-8-9-19(29-5)18(24)11-17/h6-11,13,25H,12H2,1-5H3. The minimum atomic E-state index is -0.330. The Morgan fingerprint density at radius 2 is 1.76 bits per heavy atom. The van der Waals surface area contributed by atoms with Crippen molar-refractivity contribution in [3.05, 3.63) is 63.8 Å². The van der Waals surface area contributed by atoms with Crippen molar-refractivity contribution in [1.82, 2.24) is 4.90 Å². The van der Waals surface area contributed by atoms with Crippen LogP contribution in [0.3, 0.4) is 0 Å². The number of anilines is 1. The molecule has 0 unspecified atom stereocenters. The van der Waals surface area contributed by atoms with Crippen LogP contribution in [0.2, 0.25) is 5.02 Å². The smallest absolute Gasteiger partial charge is 0.278 e. The largest absolute Gasteiger partial charge is 0.495 e. The van der Waals surface area contributed by atoms with Crippen LogP contribution in [0.1, 0.15) is 30.5 Å². The Morgan fingerprint density at radius 1 is 1.03 bits per heavy atom. The lowest BCUT2D eigenvalue weighted by atomic mass is 9.99. The quantitative estimate of drug-likeness (QED) is 0.691. The number of nitrogens with zero attached hydrogens (tertiary/aromatic N) is 1. The molecule has 0 atom stereocenters. The Hall–Kier alpha value is -2.79. The molecule has 2 aromatic carbocycles. The maximum absolute atomic E-state index is 13.2. The van der Waals surface area contributed by atoms with Gasteiger partial charge in [0.25, 0.3) is 11.8 Å². The second-order valence-corrected chi connectivity index (χ2v) is 8.05. The van der Waals surface area contributed by atoms with Crippen molar-refractivity contribution in [3.8, 4) is 5.75 Å². The zero-order valence-corrected chi connectivity index (χ0v) is 18.1. The van der Waals surface area contributed by atoms with Gasteiger partial charge in [-0.2, -0.15) is 0 Å². The van der Waals surface area contributed by atoms with Gasteiger partial charge in [0.2, 0.25) is 0 Å².